The molecule has 0 aliphatic heterocycles. The number of alkyl halides is 2. The van der Waals surface area contributed by atoms with Crippen LogP contribution in [-0.2, 0) is 9.53 Å². The Kier molecular flexibility index (Phi) is 9.40. The van der Waals surface area contributed by atoms with Gasteiger partial charge in [0, 0.05) is 12.8 Å². The Morgan fingerprint density at radius 1 is 1.26 bits per heavy atom. The topological polar surface area (TPSA) is 26.3 Å². The van der Waals surface area contributed by atoms with E-state index in [4.69, 9.17) is 4.74 Å². The molecule has 1 atom stereocenters. The number of esters is 1. The van der Waals surface area contributed by atoms with E-state index in [9.17, 15) is 13.6 Å². The third kappa shape index (κ3) is 8.45. The second-order valence-electron chi connectivity index (χ2n) is 4.95. The van der Waals surface area contributed by atoms with Crippen molar-refractivity contribution in [3.63, 3.8) is 0 Å². The van der Waals surface area contributed by atoms with E-state index in [0.29, 0.717) is 19.4 Å². The molecule has 2 nitrogen and oxygen atoms in total. The van der Waals surface area contributed by atoms with Crippen molar-refractivity contribution in [3.8, 4) is 0 Å². The molecule has 0 aliphatic carbocycles. The zero-order valence-corrected chi connectivity index (χ0v) is 13.2. The Morgan fingerprint density at radius 2 is 1.89 bits per heavy atom. The van der Waals surface area contributed by atoms with Gasteiger partial charge in [-0.3, -0.25) is 4.79 Å². The molecule has 5 heteroatoms. The average molecular weight is 296 g/mol. The van der Waals surface area contributed by atoms with Crippen LogP contribution in [0.15, 0.2) is 0 Å². The molecule has 0 spiro atoms. The second-order valence-corrected chi connectivity index (χ2v) is 6.20. The summed E-state index contributed by atoms with van der Waals surface area (Å²) in [5.41, 5.74) is 0. The first kappa shape index (κ1) is 18.7. The number of hydrogen-bond donors (Lipinski definition) is 0. The van der Waals surface area contributed by atoms with Crippen molar-refractivity contribution in [2.24, 2.45) is 5.92 Å². The molecule has 0 aromatic heterocycles. The zero-order chi connectivity index (χ0) is 14.9. The minimum atomic E-state index is -2.54. The lowest BCUT2D eigenvalue weighted by molar-refractivity contribution is -0.143. The Balaban J connectivity index is 3.92. The standard InChI is InChI=1S/C14H26F2O2S/c1-5-14(15,16)9-7-8-10-19-12(11(3)4)13(17)18-6-2/h11-12H,5-10H2,1-4H3. The van der Waals surface area contributed by atoms with Crippen LogP contribution < -0.4 is 0 Å². The van der Waals surface area contributed by atoms with E-state index in [-0.39, 0.29) is 30.0 Å². The minimum Gasteiger partial charge on any atom is -0.465 e. The molecule has 0 saturated carbocycles. The predicted molar refractivity (Wildman–Crippen MR) is 76.8 cm³/mol. The summed E-state index contributed by atoms with van der Waals surface area (Å²) in [6.45, 7) is 7.61. The summed E-state index contributed by atoms with van der Waals surface area (Å²) in [6, 6.07) is 0. The predicted octanol–water partition coefficient (Wildman–Crippen LogP) is 4.52. The largest absolute Gasteiger partial charge is 0.465 e. The molecule has 114 valence electrons. The molecule has 0 N–H and O–H groups in total. The number of thioether (sulfide) groups is 1. The molecule has 1 unspecified atom stereocenters. The molecule has 0 aromatic rings. The molecule has 0 radical (unpaired) electrons. The van der Waals surface area contributed by atoms with Gasteiger partial charge in [0.25, 0.3) is 0 Å². The van der Waals surface area contributed by atoms with Crippen molar-refractivity contribution in [2.45, 2.75) is 64.6 Å². The van der Waals surface area contributed by atoms with Gasteiger partial charge in [0.2, 0.25) is 5.92 Å². The van der Waals surface area contributed by atoms with E-state index >= 15 is 0 Å². The number of rotatable bonds is 10. The van der Waals surface area contributed by atoms with Gasteiger partial charge in [-0.15, -0.1) is 11.8 Å². The summed E-state index contributed by atoms with van der Waals surface area (Å²) in [4.78, 5) is 11.7. The lowest BCUT2D eigenvalue weighted by atomic mass is 10.1. The summed E-state index contributed by atoms with van der Waals surface area (Å²) in [7, 11) is 0. The summed E-state index contributed by atoms with van der Waals surface area (Å²) >= 11 is 1.52. The number of unbranched alkanes of at least 4 members (excludes halogenated alkanes) is 1. The maximum atomic E-state index is 13.0. The number of carbonyl (C=O) groups is 1. The molecular weight excluding hydrogens is 270 g/mol. The Morgan fingerprint density at radius 3 is 2.37 bits per heavy atom. The molecule has 0 amide bonds. The van der Waals surface area contributed by atoms with Crippen LogP contribution in [0.25, 0.3) is 0 Å². The molecule has 0 rings (SSSR count). The first-order chi connectivity index (χ1) is 8.84. The van der Waals surface area contributed by atoms with Crippen molar-refractivity contribution < 1.29 is 18.3 Å². The molecule has 0 aliphatic rings. The lowest BCUT2D eigenvalue weighted by Gasteiger charge is -2.19. The molecule has 0 heterocycles. The van der Waals surface area contributed by atoms with E-state index in [1.54, 1.807) is 6.92 Å². The van der Waals surface area contributed by atoms with Crippen molar-refractivity contribution >= 4 is 17.7 Å². The average Bonchev–Trinajstić information content (AvgIpc) is 2.33. The highest BCUT2D eigenvalue weighted by atomic mass is 32.2. The summed E-state index contributed by atoms with van der Waals surface area (Å²) in [6.07, 6.45) is 1.05. The van der Waals surface area contributed by atoms with Gasteiger partial charge in [-0.25, -0.2) is 8.78 Å². The van der Waals surface area contributed by atoms with Crippen molar-refractivity contribution in [1.82, 2.24) is 0 Å². The van der Waals surface area contributed by atoms with E-state index in [0.717, 1.165) is 5.75 Å². The van der Waals surface area contributed by atoms with Crippen molar-refractivity contribution in [3.05, 3.63) is 0 Å². The number of ether oxygens (including phenoxy) is 1. The Labute approximate surface area is 119 Å². The Hall–Kier alpha value is -0.320. The van der Waals surface area contributed by atoms with Gasteiger partial charge in [0.1, 0.15) is 5.25 Å². The monoisotopic (exact) mass is 296 g/mol. The number of hydrogen-bond acceptors (Lipinski definition) is 3. The fraction of sp³-hybridized carbons (Fsp3) is 0.929. The fourth-order valence-corrected chi connectivity index (χ4v) is 2.84. The first-order valence-corrected chi connectivity index (χ1v) is 8.05. The van der Waals surface area contributed by atoms with Crippen LogP contribution in [0.2, 0.25) is 0 Å². The van der Waals surface area contributed by atoms with Crippen LogP contribution in [-0.4, -0.2) is 29.5 Å². The maximum Gasteiger partial charge on any atom is 0.319 e. The summed E-state index contributed by atoms with van der Waals surface area (Å²) < 4.78 is 31.0. The lowest BCUT2D eigenvalue weighted by Crippen LogP contribution is -2.26. The van der Waals surface area contributed by atoms with Gasteiger partial charge in [-0.1, -0.05) is 20.8 Å². The minimum absolute atomic E-state index is 0.0597. The first-order valence-electron chi connectivity index (χ1n) is 7.00. The van der Waals surface area contributed by atoms with Crippen LogP contribution in [0, 0.1) is 5.92 Å². The quantitative estimate of drug-likeness (QED) is 0.438. The normalized spacial score (nSPS) is 13.6. The number of halogens is 2. The van der Waals surface area contributed by atoms with Gasteiger partial charge in [0.05, 0.1) is 6.61 Å². The van der Waals surface area contributed by atoms with E-state index in [1.165, 1.54) is 18.7 Å². The van der Waals surface area contributed by atoms with E-state index in [1.807, 2.05) is 13.8 Å². The number of carbonyl (C=O) groups excluding carboxylic acids is 1. The van der Waals surface area contributed by atoms with Crippen molar-refractivity contribution in [2.75, 3.05) is 12.4 Å². The third-order valence-electron chi connectivity index (χ3n) is 2.88. The van der Waals surface area contributed by atoms with E-state index in [2.05, 4.69) is 0 Å². The molecule has 0 fully saturated rings. The van der Waals surface area contributed by atoms with Gasteiger partial charge in [0.15, 0.2) is 0 Å². The van der Waals surface area contributed by atoms with Crippen LogP contribution in [0.3, 0.4) is 0 Å². The molecule has 0 aromatic carbocycles. The van der Waals surface area contributed by atoms with Crippen LogP contribution in [0.5, 0.6) is 0 Å². The maximum absolute atomic E-state index is 13.0. The molecule has 0 bridgehead atoms. The Bertz CT molecular complexity index is 258. The van der Waals surface area contributed by atoms with Crippen LogP contribution in [0.1, 0.15) is 53.4 Å². The smallest absolute Gasteiger partial charge is 0.319 e. The third-order valence-corrected chi connectivity index (χ3v) is 4.50. The van der Waals surface area contributed by atoms with E-state index < -0.39 is 5.92 Å². The van der Waals surface area contributed by atoms with Gasteiger partial charge in [-0.05, 0) is 31.4 Å². The van der Waals surface area contributed by atoms with Crippen LogP contribution >= 0.6 is 11.8 Å². The molecule has 0 saturated heterocycles. The second kappa shape index (κ2) is 9.56. The SMILES string of the molecule is CCOC(=O)C(SCCCCC(F)(F)CC)C(C)C. The summed E-state index contributed by atoms with van der Waals surface area (Å²) in [5, 5.41) is -0.188. The van der Waals surface area contributed by atoms with Crippen molar-refractivity contribution in [1.29, 1.82) is 0 Å². The summed E-state index contributed by atoms with van der Waals surface area (Å²) in [5.74, 6) is -1.81. The molecular formula is C14H26F2O2S. The van der Waals surface area contributed by atoms with Gasteiger partial charge >= 0.3 is 5.97 Å². The zero-order valence-electron chi connectivity index (χ0n) is 12.4. The van der Waals surface area contributed by atoms with Gasteiger partial charge in [-0.2, -0.15) is 0 Å². The highest BCUT2D eigenvalue weighted by molar-refractivity contribution is 8.00. The highest BCUT2D eigenvalue weighted by Gasteiger charge is 2.26. The highest BCUT2D eigenvalue weighted by Crippen LogP contribution is 2.27. The molecule has 19 heavy (non-hydrogen) atoms. The van der Waals surface area contributed by atoms with Crippen LogP contribution in [0.4, 0.5) is 8.78 Å². The van der Waals surface area contributed by atoms with Gasteiger partial charge < -0.3 is 4.74 Å². The fourth-order valence-electron chi connectivity index (χ4n) is 1.63.